The predicted octanol–water partition coefficient (Wildman–Crippen LogP) is 1.12. The van der Waals surface area contributed by atoms with E-state index < -0.39 is 5.97 Å². The number of carbonyl (C=O) groups is 2. The second-order valence-electron chi connectivity index (χ2n) is 5.38. The Bertz CT molecular complexity index is 325. The number of aliphatic carboxylic acids is 1. The van der Waals surface area contributed by atoms with Crippen molar-refractivity contribution in [3.63, 3.8) is 0 Å². The van der Waals surface area contributed by atoms with Gasteiger partial charge in [-0.15, -0.1) is 0 Å². The van der Waals surface area contributed by atoms with E-state index in [2.05, 4.69) is 6.92 Å². The molecule has 5 heteroatoms. The van der Waals surface area contributed by atoms with E-state index in [1.165, 1.54) is 0 Å². The zero-order valence-electron chi connectivity index (χ0n) is 10.8. The number of amides is 1. The van der Waals surface area contributed by atoms with Gasteiger partial charge < -0.3 is 14.7 Å². The molecule has 2 rings (SSSR count). The molecule has 3 atom stereocenters. The van der Waals surface area contributed by atoms with Crippen LogP contribution in [-0.2, 0) is 14.3 Å². The van der Waals surface area contributed by atoms with Crippen LogP contribution in [-0.4, -0.2) is 47.7 Å². The van der Waals surface area contributed by atoms with Crippen molar-refractivity contribution in [3.8, 4) is 0 Å². The number of hydrogen-bond acceptors (Lipinski definition) is 3. The average Bonchev–Trinajstić information content (AvgIpc) is 2.84. The lowest BCUT2D eigenvalue weighted by Gasteiger charge is -2.25. The summed E-state index contributed by atoms with van der Waals surface area (Å²) >= 11 is 0. The molecular weight excluding hydrogens is 234 g/mol. The van der Waals surface area contributed by atoms with Gasteiger partial charge in [-0.05, 0) is 25.2 Å². The highest BCUT2D eigenvalue weighted by atomic mass is 16.5. The van der Waals surface area contributed by atoms with Crippen LogP contribution in [0.25, 0.3) is 0 Å². The molecular formula is C13H21NO4. The zero-order valence-corrected chi connectivity index (χ0v) is 10.8. The Morgan fingerprint density at radius 1 is 1.44 bits per heavy atom. The standard InChI is InChI=1S/C13H21NO4/c1-9-7-11(9)13(17)14(5-4-12(15)16)8-10-3-2-6-18-10/h9-11H,2-8H2,1H3,(H,15,16)/t9-,10+,11+/m1/s1. The van der Waals surface area contributed by atoms with E-state index in [0.29, 0.717) is 19.0 Å². The van der Waals surface area contributed by atoms with Crippen molar-refractivity contribution in [2.75, 3.05) is 19.7 Å². The summed E-state index contributed by atoms with van der Waals surface area (Å²) < 4.78 is 5.53. The highest BCUT2D eigenvalue weighted by Crippen LogP contribution is 2.39. The van der Waals surface area contributed by atoms with Gasteiger partial charge in [0.2, 0.25) is 5.91 Å². The van der Waals surface area contributed by atoms with E-state index in [1.54, 1.807) is 4.90 Å². The van der Waals surface area contributed by atoms with Gasteiger partial charge in [0.1, 0.15) is 0 Å². The Balaban J connectivity index is 1.88. The quantitative estimate of drug-likeness (QED) is 0.772. The summed E-state index contributed by atoms with van der Waals surface area (Å²) in [4.78, 5) is 24.5. The molecule has 0 bridgehead atoms. The third kappa shape index (κ3) is 3.45. The summed E-state index contributed by atoms with van der Waals surface area (Å²) in [6.45, 7) is 3.67. The number of hydrogen-bond donors (Lipinski definition) is 1. The summed E-state index contributed by atoms with van der Waals surface area (Å²) in [5.41, 5.74) is 0. The number of rotatable bonds is 6. The summed E-state index contributed by atoms with van der Waals surface area (Å²) in [5, 5.41) is 8.74. The highest BCUT2D eigenvalue weighted by molar-refractivity contribution is 5.82. The minimum absolute atomic E-state index is 0.0135. The fraction of sp³-hybridized carbons (Fsp3) is 0.846. The van der Waals surface area contributed by atoms with Crippen LogP contribution in [0.5, 0.6) is 0 Å². The first kappa shape index (κ1) is 13.3. The van der Waals surface area contributed by atoms with Crippen LogP contribution >= 0.6 is 0 Å². The molecule has 1 saturated heterocycles. The van der Waals surface area contributed by atoms with Gasteiger partial charge in [-0.1, -0.05) is 6.92 Å². The first-order valence-electron chi connectivity index (χ1n) is 6.70. The van der Waals surface area contributed by atoms with Crippen LogP contribution in [0.4, 0.5) is 0 Å². The van der Waals surface area contributed by atoms with Crippen LogP contribution in [0.3, 0.4) is 0 Å². The molecule has 0 aromatic carbocycles. The van der Waals surface area contributed by atoms with Gasteiger partial charge in [-0.25, -0.2) is 0 Å². The van der Waals surface area contributed by atoms with Gasteiger partial charge in [0.25, 0.3) is 0 Å². The molecule has 18 heavy (non-hydrogen) atoms. The molecule has 2 fully saturated rings. The molecule has 0 unspecified atom stereocenters. The van der Waals surface area contributed by atoms with E-state index in [9.17, 15) is 9.59 Å². The maximum atomic E-state index is 12.2. The van der Waals surface area contributed by atoms with Crippen molar-refractivity contribution in [1.29, 1.82) is 0 Å². The fourth-order valence-electron chi connectivity index (χ4n) is 2.46. The third-order valence-electron chi connectivity index (χ3n) is 3.78. The monoisotopic (exact) mass is 255 g/mol. The van der Waals surface area contributed by atoms with Crippen molar-refractivity contribution >= 4 is 11.9 Å². The Morgan fingerprint density at radius 3 is 2.67 bits per heavy atom. The van der Waals surface area contributed by atoms with E-state index >= 15 is 0 Å². The lowest BCUT2D eigenvalue weighted by atomic mass is 10.2. The van der Waals surface area contributed by atoms with Crippen LogP contribution < -0.4 is 0 Å². The molecule has 1 saturated carbocycles. The predicted molar refractivity (Wildman–Crippen MR) is 65.1 cm³/mol. The largest absolute Gasteiger partial charge is 0.481 e. The second-order valence-corrected chi connectivity index (χ2v) is 5.38. The summed E-state index contributed by atoms with van der Waals surface area (Å²) in [6.07, 6.45) is 3.05. The maximum Gasteiger partial charge on any atom is 0.305 e. The molecule has 0 radical (unpaired) electrons. The second kappa shape index (κ2) is 5.69. The first-order chi connectivity index (χ1) is 8.58. The van der Waals surface area contributed by atoms with Gasteiger partial charge in [0, 0.05) is 25.6 Å². The van der Waals surface area contributed by atoms with Crippen molar-refractivity contribution in [2.24, 2.45) is 11.8 Å². The van der Waals surface area contributed by atoms with Gasteiger partial charge in [0.05, 0.1) is 12.5 Å². The zero-order chi connectivity index (χ0) is 13.1. The Labute approximate surface area is 107 Å². The molecule has 5 nitrogen and oxygen atoms in total. The van der Waals surface area contributed by atoms with Crippen molar-refractivity contribution in [2.45, 2.75) is 38.7 Å². The number of carboxylic acid groups (broad SMARTS) is 1. The minimum atomic E-state index is -0.857. The van der Waals surface area contributed by atoms with E-state index in [4.69, 9.17) is 9.84 Å². The number of ether oxygens (including phenoxy) is 1. The van der Waals surface area contributed by atoms with Crippen LogP contribution in [0.2, 0.25) is 0 Å². The summed E-state index contributed by atoms with van der Waals surface area (Å²) in [6, 6.07) is 0. The lowest BCUT2D eigenvalue weighted by molar-refractivity contribution is -0.139. The number of carboxylic acids is 1. The van der Waals surface area contributed by atoms with Crippen LogP contribution in [0, 0.1) is 11.8 Å². The van der Waals surface area contributed by atoms with Crippen LogP contribution in [0.15, 0.2) is 0 Å². The number of nitrogens with zero attached hydrogens (tertiary/aromatic N) is 1. The third-order valence-corrected chi connectivity index (χ3v) is 3.78. The fourth-order valence-corrected chi connectivity index (χ4v) is 2.46. The van der Waals surface area contributed by atoms with E-state index in [-0.39, 0.29) is 24.3 Å². The highest BCUT2D eigenvalue weighted by Gasteiger charge is 2.42. The molecule has 1 N–H and O–H groups in total. The van der Waals surface area contributed by atoms with Crippen molar-refractivity contribution in [3.05, 3.63) is 0 Å². The molecule has 1 amide bonds. The maximum absolute atomic E-state index is 12.2. The van der Waals surface area contributed by atoms with Crippen molar-refractivity contribution in [1.82, 2.24) is 4.90 Å². The molecule has 1 aliphatic heterocycles. The Hall–Kier alpha value is -1.10. The van der Waals surface area contributed by atoms with E-state index in [1.807, 2.05) is 0 Å². The normalized spacial score (nSPS) is 30.2. The lowest BCUT2D eigenvalue weighted by Crippen LogP contribution is -2.39. The topological polar surface area (TPSA) is 66.8 Å². The van der Waals surface area contributed by atoms with Crippen LogP contribution in [0.1, 0.15) is 32.6 Å². The minimum Gasteiger partial charge on any atom is -0.481 e. The first-order valence-corrected chi connectivity index (χ1v) is 6.70. The van der Waals surface area contributed by atoms with Gasteiger partial charge in [0.15, 0.2) is 0 Å². The smallest absolute Gasteiger partial charge is 0.305 e. The average molecular weight is 255 g/mol. The summed E-state index contributed by atoms with van der Waals surface area (Å²) in [5.74, 6) is -0.183. The SMILES string of the molecule is C[C@@H]1C[C@@H]1C(=O)N(CCC(=O)O)C[C@@H]1CCCO1. The van der Waals surface area contributed by atoms with Gasteiger partial charge in [-0.3, -0.25) is 9.59 Å². The molecule has 0 aromatic rings. The van der Waals surface area contributed by atoms with Crippen molar-refractivity contribution < 1.29 is 19.4 Å². The van der Waals surface area contributed by atoms with Gasteiger partial charge in [-0.2, -0.15) is 0 Å². The molecule has 102 valence electrons. The molecule has 2 aliphatic rings. The molecule has 1 aliphatic carbocycles. The number of carbonyl (C=O) groups excluding carboxylic acids is 1. The Morgan fingerprint density at radius 2 is 2.17 bits per heavy atom. The molecule has 0 aromatic heterocycles. The Kier molecular flexibility index (Phi) is 4.22. The van der Waals surface area contributed by atoms with E-state index in [0.717, 1.165) is 25.9 Å². The molecule has 0 spiro atoms. The van der Waals surface area contributed by atoms with Gasteiger partial charge >= 0.3 is 5.97 Å². The summed E-state index contributed by atoms with van der Waals surface area (Å²) in [7, 11) is 0. The molecule has 1 heterocycles.